The highest BCUT2D eigenvalue weighted by atomic mass is 35.5. The second-order valence-corrected chi connectivity index (χ2v) is 6.35. The number of benzene rings is 2. The Hall–Kier alpha value is -2.44. The van der Waals surface area contributed by atoms with E-state index in [0.717, 1.165) is 6.42 Å². The monoisotopic (exact) mass is 392 g/mol. The third kappa shape index (κ3) is 3.86. The molecule has 0 aliphatic rings. The van der Waals surface area contributed by atoms with Crippen LogP contribution in [0.4, 0.5) is 4.39 Å². The Morgan fingerprint density at radius 1 is 1.15 bits per heavy atom. The number of halogens is 3. The van der Waals surface area contributed by atoms with Gasteiger partial charge in [-0.3, -0.25) is 4.79 Å². The highest BCUT2D eigenvalue weighted by Gasteiger charge is 2.19. The third-order valence-corrected chi connectivity index (χ3v) is 4.33. The molecule has 0 saturated heterocycles. The van der Waals surface area contributed by atoms with Crippen molar-refractivity contribution in [3.63, 3.8) is 0 Å². The molecule has 0 radical (unpaired) electrons. The summed E-state index contributed by atoms with van der Waals surface area (Å²) in [5, 5.41) is 7.79. The molecule has 0 saturated carbocycles. The van der Waals surface area contributed by atoms with Crippen molar-refractivity contribution in [1.82, 2.24) is 20.1 Å². The largest absolute Gasteiger partial charge is 0.349 e. The topological polar surface area (TPSA) is 59.8 Å². The van der Waals surface area contributed by atoms with Crippen LogP contribution in [0.2, 0.25) is 10.0 Å². The van der Waals surface area contributed by atoms with Crippen LogP contribution in [0.5, 0.6) is 0 Å². The minimum atomic E-state index is -0.381. The van der Waals surface area contributed by atoms with E-state index in [2.05, 4.69) is 15.4 Å². The van der Waals surface area contributed by atoms with E-state index >= 15 is 0 Å². The minimum Gasteiger partial charge on any atom is -0.349 e. The quantitative estimate of drug-likeness (QED) is 0.694. The number of carbonyl (C=O) groups excluding carboxylic acids is 1. The van der Waals surface area contributed by atoms with E-state index in [0.29, 0.717) is 33.7 Å². The molecule has 3 aromatic rings. The SMILES string of the molecule is CCCNC(=O)c1nc(-c2ccc(F)cc2)n(-c2ccc(Cl)c(Cl)c2)n1. The van der Waals surface area contributed by atoms with Gasteiger partial charge in [0.1, 0.15) is 5.82 Å². The lowest BCUT2D eigenvalue weighted by atomic mass is 10.2. The normalized spacial score (nSPS) is 10.8. The molecule has 8 heteroatoms. The predicted octanol–water partition coefficient (Wildman–Crippen LogP) is 4.52. The van der Waals surface area contributed by atoms with Crippen LogP contribution < -0.4 is 5.32 Å². The molecule has 0 unspecified atom stereocenters. The standard InChI is InChI=1S/C18H15Cl2FN4O/c1-2-9-22-18(26)16-23-17(11-3-5-12(21)6-4-11)25(24-16)13-7-8-14(19)15(20)10-13/h3-8,10H,2,9H2,1H3,(H,22,26). The summed E-state index contributed by atoms with van der Waals surface area (Å²) in [4.78, 5) is 16.6. The van der Waals surface area contributed by atoms with Crippen molar-refractivity contribution in [2.45, 2.75) is 13.3 Å². The maximum Gasteiger partial charge on any atom is 0.290 e. The van der Waals surface area contributed by atoms with Gasteiger partial charge in [0.05, 0.1) is 15.7 Å². The van der Waals surface area contributed by atoms with Gasteiger partial charge in [0, 0.05) is 12.1 Å². The van der Waals surface area contributed by atoms with E-state index in [1.54, 1.807) is 30.3 Å². The number of rotatable bonds is 5. The fourth-order valence-electron chi connectivity index (χ4n) is 2.31. The summed E-state index contributed by atoms with van der Waals surface area (Å²) in [6, 6.07) is 10.7. The number of hydrogen-bond acceptors (Lipinski definition) is 3. The van der Waals surface area contributed by atoms with Gasteiger partial charge in [-0.15, -0.1) is 5.10 Å². The van der Waals surface area contributed by atoms with Crippen molar-refractivity contribution in [2.24, 2.45) is 0 Å². The fourth-order valence-corrected chi connectivity index (χ4v) is 2.60. The van der Waals surface area contributed by atoms with E-state index in [-0.39, 0.29) is 17.5 Å². The third-order valence-electron chi connectivity index (χ3n) is 3.60. The first kappa shape index (κ1) is 18.4. The van der Waals surface area contributed by atoms with E-state index in [1.807, 2.05) is 6.92 Å². The molecule has 1 amide bonds. The zero-order chi connectivity index (χ0) is 18.7. The molecule has 1 aromatic heterocycles. The van der Waals surface area contributed by atoms with Crippen LogP contribution in [0.3, 0.4) is 0 Å². The molecule has 0 aliphatic heterocycles. The first-order valence-corrected chi connectivity index (χ1v) is 8.72. The van der Waals surface area contributed by atoms with Gasteiger partial charge in [0.25, 0.3) is 5.91 Å². The Labute approximate surface area is 159 Å². The van der Waals surface area contributed by atoms with Gasteiger partial charge in [-0.1, -0.05) is 30.1 Å². The second-order valence-electron chi connectivity index (χ2n) is 5.53. The summed E-state index contributed by atoms with van der Waals surface area (Å²) in [7, 11) is 0. The molecule has 26 heavy (non-hydrogen) atoms. The fraction of sp³-hybridized carbons (Fsp3) is 0.167. The van der Waals surface area contributed by atoms with E-state index in [1.165, 1.54) is 16.8 Å². The highest BCUT2D eigenvalue weighted by Crippen LogP contribution is 2.27. The summed E-state index contributed by atoms with van der Waals surface area (Å²) in [6.07, 6.45) is 0.796. The van der Waals surface area contributed by atoms with Crippen LogP contribution in [0.15, 0.2) is 42.5 Å². The molecule has 0 fully saturated rings. The molecule has 0 bridgehead atoms. The molecule has 1 heterocycles. The molecular weight excluding hydrogens is 378 g/mol. The average molecular weight is 393 g/mol. The van der Waals surface area contributed by atoms with Crippen molar-refractivity contribution in [3.05, 3.63) is 64.2 Å². The highest BCUT2D eigenvalue weighted by molar-refractivity contribution is 6.42. The Bertz CT molecular complexity index is 941. The van der Waals surface area contributed by atoms with Gasteiger partial charge >= 0.3 is 0 Å². The molecule has 0 atom stereocenters. The molecule has 134 valence electrons. The molecule has 1 N–H and O–H groups in total. The minimum absolute atomic E-state index is 0.0175. The zero-order valence-electron chi connectivity index (χ0n) is 13.8. The van der Waals surface area contributed by atoms with Crippen molar-refractivity contribution < 1.29 is 9.18 Å². The van der Waals surface area contributed by atoms with E-state index in [4.69, 9.17) is 23.2 Å². The Morgan fingerprint density at radius 3 is 2.54 bits per heavy atom. The number of carbonyl (C=O) groups is 1. The summed E-state index contributed by atoms with van der Waals surface area (Å²) >= 11 is 12.1. The van der Waals surface area contributed by atoms with Crippen LogP contribution in [0, 0.1) is 5.82 Å². The van der Waals surface area contributed by atoms with Crippen molar-refractivity contribution >= 4 is 29.1 Å². The maximum absolute atomic E-state index is 13.3. The summed E-state index contributed by atoms with van der Waals surface area (Å²) in [5.41, 5.74) is 1.19. The molecular formula is C18H15Cl2FN4O. The smallest absolute Gasteiger partial charge is 0.290 e. The number of nitrogens with zero attached hydrogens (tertiary/aromatic N) is 3. The van der Waals surface area contributed by atoms with Crippen LogP contribution in [0.25, 0.3) is 17.1 Å². The molecule has 0 aliphatic carbocycles. The van der Waals surface area contributed by atoms with Gasteiger partial charge in [-0.05, 0) is 48.9 Å². The maximum atomic E-state index is 13.3. The number of aromatic nitrogens is 3. The Kier molecular flexibility index (Phi) is 5.54. The zero-order valence-corrected chi connectivity index (χ0v) is 15.4. The predicted molar refractivity (Wildman–Crippen MR) is 99.4 cm³/mol. The molecule has 2 aromatic carbocycles. The number of nitrogens with one attached hydrogen (secondary N) is 1. The molecule has 5 nitrogen and oxygen atoms in total. The lowest BCUT2D eigenvalue weighted by Gasteiger charge is -2.07. The second kappa shape index (κ2) is 7.85. The van der Waals surface area contributed by atoms with Crippen LogP contribution in [-0.2, 0) is 0 Å². The van der Waals surface area contributed by atoms with Crippen LogP contribution in [-0.4, -0.2) is 27.2 Å². The lowest BCUT2D eigenvalue weighted by Crippen LogP contribution is -2.25. The van der Waals surface area contributed by atoms with Crippen LogP contribution in [0.1, 0.15) is 24.0 Å². The first-order chi connectivity index (χ1) is 12.5. The lowest BCUT2D eigenvalue weighted by molar-refractivity contribution is 0.0943. The first-order valence-electron chi connectivity index (χ1n) is 7.96. The van der Waals surface area contributed by atoms with Crippen molar-refractivity contribution in [2.75, 3.05) is 6.54 Å². The number of hydrogen-bond donors (Lipinski definition) is 1. The summed E-state index contributed by atoms with van der Waals surface area (Å²) < 4.78 is 14.7. The van der Waals surface area contributed by atoms with E-state index < -0.39 is 0 Å². The summed E-state index contributed by atoms with van der Waals surface area (Å²) in [5.74, 6) is -0.335. The van der Waals surface area contributed by atoms with E-state index in [9.17, 15) is 9.18 Å². The number of amides is 1. The Balaban J connectivity index is 2.10. The van der Waals surface area contributed by atoms with Crippen LogP contribution >= 0.6 is 23.2 Å². The molecule has 0 spiro atoms. The van der Waals surface area contributed by atoms with Gasteiger partial charge in [-0.2, -0.15) is 0 Å². The van der Waals surface area contributed by atoms with Crippen molar-refractivity contribution in [3.8, 4) is 17.1 Å². The average Bonchev–Trinajstić information content (AvgIpc) is 3.08. The summed E-state index contributed by atoms with van der Waals surface area (Å²) in [6.45, 7) is 2.47. The van der Waals surface area contributed by atoms with Gasteiger partial charge in [-0.25, -0.2) is 14.1 Å². The van der Waals surface area contributed by atoms with Gasteiger partial charge in [0.15, 0.2) is 5.82 Å². The van der Waals surface area contributed by atoms with Gasteiger partial charge in [0.2, 0.25) is 5.82 Å². The van der Waals surface area contributed by atoms with Gasteiger partial charge < -0.3 is 5.32 Å². The molecule has 3 rings (SSSR count). The van der Waals surface area contributed by atoms with Crippen molar-refractivity contribution in [1.29, 1.82) is 0 Å². The Morgan fingerprint density at radius 2 is 1.88 bits per heavy atom.